The van der Waals surface area contributed by atoms with E-state index in [2.05, 4.69) is 72.9 Å². The summed E-state index contributed by atoms with van der Waals surface area (Å²) in [5.74, 6) is 0.644. The molecule has 1 aliphatic rings. The number of aliphatic imine (C=N–C) groups is 1. The number of hydrogen-bond acceptors (Lipinski definition) is 9. The number of amides is 4. The van der Waals surface area contributed by atoms with E-state index in [1.807, 2.05) is 12.1 Å². The van der Waals surface area contributed by atoms with Crippen LogP contribution in [0.15, 0.2) is 77.8 Å². The minimum Gasteiger partial charge on any atom is -0.508 e. The molecule has 0 unspecified atom stereocenters. The molecule has 0 spiro atoms. The number of nitrogens with one attached hydrogen (secondary N) is 5. The van der Waals surface area contributed by atoms with Crippen LogP contribution < -0.4 is 42.8 Å². The average Bonchev–Trinajstić information content (AvgIpc) is 3.58. The Morgan fingerprint density at radius 2 is 1.62 bits per heavy atom. The van der Waals surface area contributed by atoms with Crippen LogP contribution in [0.1, 0.15) is 60.9 Å². The van der Waals surface area contributed by atoms with Crippen molar-refractivity contribution >= 4 is 23.8 Å². The molecule has 0 fully saturated rings. The predicted molar refractivity (Wildman–Crippen MR) is 201 cm³/mol. The Balaban J connectivity index is 1.40. The highest BCUT2D eigenvalue weighted by Gasteiger charge is 2.28. The van der Waals surface area contributed by atoms with Crippen LogP contribution in [-0.2, 0) is 29.2 Å². The summed E-state index contributed by atoms with van der Waals surface area (Å²) in [6, 6.07) is 22.2. The summed E-state index contributed by atoms with van der Waals surface area (Å²) in [7, 11) is 0. The summed E-state index contributed by atoms with van der Waals surface area (Å²) in [5, 5.41) is 24.0. The van der Waals surface area contributed by atoms with Gasteiger partial charge in [0.15, 0.2) is 5.96 Å². The molecule has 1 heterocycles. The maximum absolute atomic E-state index is 13.6. The Kier molecular flexibility index (Phi) is 16.2. The van der Waals surface area contributed by atoms with Gasteiger partial charge in [0.1, 0.15) is 11.5 Å². The van der Waals surface area contributed by atoms with Gasteiger partial charge in [0.2, 0.25) is 11.8 Å². The van der Waals surface area contributed by atoms with Crippen molar-refractivity contribution in [1.82, 2.24) is 31.5 Å². The molecule has 3 aromatic carbocycles. The predicted octanol–water partition coefficient (Wildman–Crippen LogP) is 2.37. The van der Waals surface area contributed by atoms with Crippen LogP contribution in [0.5, 0.6) is 11.5 Å². The number of hydrogen-bond donors (Lipinski definition) is 8. The molecule has 0 aromatic heterocycles. The number of phenolic OH excluding ortho intramolecular Hbond substituents is 1. The van der Waals surface area contributed by atoms with E-state index in [1.165, 1.54) is 11.1 Å². The number of guanidine groups is 1. The van der Waals surface area contributed by atoms with Crippen molar-refractivity contribution < 1.29 is 24.2 Å². The summed E-state index contributed by atoms with van der Waals surface area (Å²) < 4.78 is 5.85. The first-order chi connectivity index (χ1) is 25.2. The topological polar surface area (TPSA) is 208 Å². The largest absolute Gasteiger partial charge is 0.508 e. The quantitative estimate of drug-likeness (QED) is 0.0490. The van der Waals surface area contributed by atoms with E-state index in [0.717, 1.165) is 36.4 Å². The normalized spacial score (nSPS) is 13.8. The van der Waals surface area contributed by atoms with Gasteiger partial charge in [-0.1, -0.05) is 55.5 Å². The minimum atomic E-state index is -0.547. The van der Waals surface area contributed by atoms with Crippen LogP contribution in [0.2, 0.25) is 0 Å². The van der Waals surface area contributed by atoms with Crippen LogP contribution >= 0.6 is 0 Å². The molecular formula is C38H53N9O5. The molecule has 14 heteroatoms. The molecular weight excluding hydrogens is 662 g/mol. The third kappa shape index (κ3) is 13.2. The number of carbonyl (C=O) groups excluding carboxylic acids is 3. The Labute approximate surface area is 305 Å². The number of ether oxygens (including phenoxy) is 1. The Bertz CT molecular complexity index is 1580. The molecule has 1 aliphatic heterocycles. The molecule has 0 bridgehead atoms. The molecule has 4 amide bonds. The van der Waals surface area contributed by atoms with Gasteiger partial charge in [0.25, 0.3) is 0 Å². The number of urea groups is 1. The van der Waals surface area contributed by atoms with Crippen molar-refractivity contribution in [3.8, 4) is 11.5 Å². The van der Waals surface area contributed by atoms with E-state index in [-0.39, 0.29) is 36.1 Å². The SMILES string of the molecule is CCC(=O)NCCNC(=O)NC(N)=NCCC[C@@H](NC[C@H](c1ccc(OCCCN)cc1)N1Cc2ccccc2C1)C(=O)NCc1ccc(O)cc1. The molecule has 280 valence electrons. The van der Waals surface area contributed by atoms with Crippen LogP contribution in [0.3, 0.4) is 0 Å². The van der Waals surface area contributed by atoms with Crippen LogP contribution in [0.25, 0.3) is 0 Å². The van der Waals surface area contributed by atoms with Gasteiger partial charge in [-0.05, 0) is 72.3 Å². The number of benzene rings is 3. The lowest BCUT2D eigenvalue weighted by atomic mass is 10.0. The van der Waals surface area contributed by atoms with Crippen molar-refractivity contribution in [2.75, 3.05) is 39.3 Å². The zero-order chi connectivity index (χ0) is 37.1. The fourth-order valence-electron chi connectivity index (χ4n) is 5.80. The lowest BCUT2D eigenvalue weighted by Gasteiger charge is -2.30. The van der Waals surface area contributed by atoms with E-state index in [9.17, 15) is 19.5 Å². The average molecular weight is 716 g/mol. The van der Waals surface area contributed by atoms with Crippen LogP contribution in [0.4, 0.5) is 4.79 Å². The van der Waals surface area contributed by atoms with Crippen molar-refractivity contribution in [3.63, 3.8) is 0 Å². The Hall–Kier alpha value is -5.18. The van der Waals surface area contributed by atoms with E-state index >= 15 is 0 Å². The second-order valence-corrected chi connectivity index (χ2v) is 12.6. The molecule has 2 atom stereocenters. The number of phenols is 1. The van der Waals surface area contributed by atoms with Gasteiger partial charge in [-0.3, -0.25) is 24.8 Å². The second-order valence-electron chi connectivity index (χ2n) is 12.6. The highest BCUT2D eigenvalue weighted by Crippen LogP contribution is 2.32. The van der Waals surface area contributed by atoms with E-state index in [1.54, 1.807) is 31.2 Å². The highest BCUT2D eigenvalue weighted by atomic mass is 16.5. The maximum Gasteiger partial charge on any atom is 0.321 e. The van der Waals surface area contributed by atoms with Crippen molar-refractivity contribution in [2.45, 2.75) is 64.3 Å². The number of nitrogens with zero attached hydrogens (tertiary/aromatic N) is 2. The molecule has 52 heavy (non-hydrogen) atoms. The zero-order valence-corrected chi connectivity index (χ0v) is 29.9. The third-order valence-electron chi connectivity index (χ3n) is 8.69. The summed E-state index contributed by atoms with van der Waals surface area (Å²) in [5.41, 5.74) is 16.1. The summed E-state index contributed by atoms with van der Waals surface area (Å²) in [6.45, 7) is 6.11. The van der Waals surface area contributed by atoms with Gasteiger partial charge in [-0.25, -0.2) is 4.79 Å². The van der Waals surface area contributed by atoms with Gasteiger partial charge in [-0.2, -0.15) is 0 Å². The first-order valence-electron chi connectivity index (χ1n) is 17.9. The van der Waals surface area contributed by atoms with Gasteiger partial charge in [-0.15, -0.1) is 0 Å². The number of nitrogens with two attached hydrogens (primary N) is 2. The molecule has 4 rings (SSSR count). The fourth-order valence-corrected chi connectivity index (χ4v) is 5.80. The smallest absolute Gasteiger partial charge is 0.321 e. The lowest BCUT2D eigenvalue weighted by Crippen LogP contribution is -2.47. The molecule has 14 nitrogen and oxygen atoms in total. The first-order valence-corrected chi connectivity index (χ1v) is 17.9. The molecule has 0 saturated carbocycles. The van der Waals surface area contributed by atoms with Gasteiger partial charge < -0.3 is 42.6 Å². The summed E-state index contributed by atoms with van der Waals surface area (Å²) in [4.78, 5) is 43.8. The van der Waals surface area contributed by atoms with Crippen LogP contribution in [0, 0.1) is 0 Å². The standard InChI is InChI=1S/C38H53N9O5/c1-2-35(49)41-20-21-43-38(51)46-37(40)42-19-5-9-33(36(50)45-23-27-10-14-31(48)15-11-27)44-24-34(47-25-29-7-3-4-8-30(29)26-47)28-12-16-32(17-13-28)52-22-6-18-39/h3-4,7-8,10-17,33-34,44,48H,2,5-6,9,18-26,39H2,1H3,(H,41,49)(H,45,50)(H4,40,42,43,46,51)/t33-,34-/m1/s1. The molecule has 0 radical (unpaired) electrons. The van der Waals surface area contributed by atoms with Crippen molar-refractivity contribution in [3.05, 3.63) is 95.1 Å². The molecule has 3 aromatic rings. The Morgan fingerprint density at radius 1 is 0.923 bits per heavy atom. The summed E-state index contributed by atoms with van der Waals surface area (Å²) in [6.07, 6.45) is 2.13. The highest BCUT2D eigenvalue weighted by molar-refractivity contribution is 5.95. The fraction of sp³-hybridized carbons (Fsp3) is 0.421. The molecule has 10 N–H and O–H groups in total. The number of aromatic hydroxyl groups is 1. The monoisotopic (exact) mass is 715 g/mol. The number of rotatable bonds is 20. The lowest BCUT2D eigenvalue weighted by molar-refractivity contribution is -0.123. The van der Waals surface area contributed by atoms with Gasteiger partial charge >= 0.3 is 6.03 Å². The van der Waals surface area contributed by atoms with E-state index in [0.29, 0.717) is 58.6 Å². The van der Waals surface area contributed by atoms with Gasteiger partial charge in [0, 0.05) is 58.3 Å². The summed E-state index contributed by atoms with van der Waals surface area (Å²) >= 11 is 0. The van der Waals surface area contributed by atoms with Gasteiger partial charge in [0.05, 0.1) is 12.6 Å². The third-order valence-corrected chi connectivity index (χ3v) is 8.69. The van der Waals surface area contributed by atoms with E-state index < -0.39 is 12.1 Å². The first kappa shape index (κ1) is 39.6. The zero-order valence-electron chi connectivity index (χ0n) is 29.9. The van der Waals surface area contributed by atoms with Crippen molar-refractivity contribution in [1.29, 1.82) is 0 Å². The van der Waals surface area contributed by atoms with Crippen LogP contribution in [-0.4, -0.2) is 79.2 Å². The second kappa shape index (κ2) is 21.2. The molecule has 0 saturated heterocycles. The Morgan fingerprint density at radius 3 is 2.29 bits per heavy atom. The molecule has 0 aliphatic carbocycles. The minimum absolute atomic E-state index is 0.0374. The number of carbonyl (C=O) groups is 3. The van der Waals surface area contributed by atoms with Crippen molar-refractivity contribution in [2.24, 2.45) is 16.5 Å². The number of fused-ring (bicyclic) bond motifs is 1. The maximum atomic E-state index is 13.6. The van der Waals surface area contributed by atoms with E-state index in [4.69, 9.17) is 16.2 Å².